The average molecular weight is 419 g/mol. The van der Waals surface area contributed by atoms with Crippen molar-refractivity contribution in [2.45, 2.75) is 11.3 Å². The molecule has 3 heterocycles. The largest absolute Gasteiger partial charge is 0.494 e. The summed E-state index contributed by atoms with van der Waals surface area (Å²) in [7, 11) is 0. The normalized spacial score (nSPS) is 13.7. The van der Waals surface area contributed by atoms with E-state index in [1.165, 1.54) is 27.4 Å². The van der Waals surface area contributed by atoms with E-state index in [1.54, 1.807) is 28.0 Å². The molecule has 0 saturated heterocycles. The molecular formula is C19H18N2O3S3. The van der Waals surface area contributed by atoms with Crippen LogP contribution in [0.5, 0.6) is 0 Å². The smallest absolute Gasteiger partial charge is 0.298 e. The van der Waals surface area contributed by atoms with Gasteiger partial charge in [-0.3, -0.25) is 9.69 Å². The van der Waals surface area contributed by atoms with Crippen molar-refractivity contribution < 1.29 is 14.3 Å². The second kappa shape index (κ2) is 8.33. The minimum Gasteiger partial charge on any atom is -0.494 e. The summed E-state index contributed by atoms with van der Waals surface area (Å²) >= 11 is 4.91. The molecule has 1 aliphatic heterocycles. The first-order valence-corrected chi connectivity index (χ1v) is 11.4. The van der Waals surface area contributed by atoms with Gasteiger partial charge in [0.1, 0.15) is 19.5 Å². The third-order valence-corrected chi connectivity index (χ3v) is 6.78. The fourth-order valence-corrected chi connectivity index (χ4v) is 4.95. The number of anilines is 1. The van der Waals surface area contributed by atoms with Gasteiger partial charge >= 0.3 is 0 Å². The molecule has 4 rings (SSSR count). The maximum Gasteiger partial charge on any atom is 0.298 e. The van der Waals surface area contributed by atoms with Crippen LogP contribution in [0.2, 0.25) is 0 Å². The fourth-order valence-electron chi connectivity index (χ4n) is 2.71. The first-order chi connectivity index (χ1) is 13.2. The second-order valence-electron chi connectivity index (χ2n) is 5.82. The molecule has 0 saturated carbocycles. The van der Waals surface area contributed by atoms with E-state index < -0.39 is 0 Å². The van der Waals surface area contributed by atoms with Crippen LogP contribution in [0, 0.1) is 0 Å². The highest BCUT2D eigenvalue weighted by atomic mass is 32.2. The molecule has 8 heteroatoms. The number of hydrogen-bond acceptors (Lipinski definition) is 7. The highest BCUT2D eigenvalue weighted by Gasteiger charge is 2.26. The summed E-state index contributed by atoms with van der Waals surface area (Å²) in [5.74, 6) is 0.0203. The lowest BCUT2D eigenvalue weighted by atomic mass is 10.3. The van der Waals surface area contributed by atoms with Gasteiger partial charge in [-0.1, -0.05) is 17.4 Å². The van der Waals surface area contributed by atoms with Crippen LogP contribution in [-0.4, -0.2) is 36.9 Å². The Balaban J connectivity index is 1.65. The highest BCUT2D eigenvalue weighted by molar-refractivity contribution is 7.98. The predicted molar refractivity (Wildman–Crippen MR) is 112 cm³/mol. The summed E-state index contributed by atoms with van der Waals surface area (Å²) in [5.41, 5.74) is 0.900. The number of fused-ring (bicyclic) bond motifs is 1. The van der Waals surface area contributed by atoms with Crippen LogP contribution >= 0.6 is 34.4 Å². The molecule has 0 N–H and O–H groups in total. The molecule has 27 heavy (non-hydrogen) atoms. The van der Waals surface area contributed by atoms with Crippen LogP contribution < -0.4 is 4.90 Å². The topological polar surface area (TPSA) is 51.7 Å². The molecule has 0 aliphatic carbocycles. The van der Waals surface area contributed by atoms with E-state index in [9.17, 15) is 4.79 Å². The lowest BCUT2D eigenvalue weighted by Gasteiger charge is -2.22. The number of carbonyl (C=O) groups is 1. The zero-order chi connectivity index (χ0) is 18.6. The van der Waals surface area contributed by atoms with Gasteiger partial charge in [0.2, 0.25) is 5.76 Å². The molecule has 0 atom stereocenters. The number of thiazole rings is 1. The van der Waals surface area contributed by atoms with E-state index >= 15 is 0 Å². The van der Waals surface area contributed by atoms with Crippen molar-refractivity contribution in [3.05, 3.63) is 52.6 Å². The zero-order valence-electron chi connectivity index (χ0n) is 14.7. The Morgan fingerprint density at radius 3 is 3.00 bits per heavy atom. The van der Waals surface area contributed by atoms with Crippen LogP contribution in [0.4, 0.5) is 5.13 Å². The van der Waals surface area contributed by atoms with Crippen molar-refractivity contribution in [2.24, 2.45) is 0 Å². The van der Waals surface area contributed by atoms with Gasteiger partial charge in [-0.15, -0.1) is 23.1 Å². The molecule has 140 valence electrons. The summed E-state index contributed by atoms with van der Waals surface area (Å²) < 4.78 is 11.9. The Kier molecular flexibility index (Phi) is 5.66. The first-order valence-electron chi connectivity index (χ1n) is 8.48. The summed E-state index contributed by atoms with van der Waals surface area (Å²) in [6.07, 6.45) is 4.22. The molecule has 5 nitrogen and oxygen atoms in total. The quantitative estimate of drug-likeness (QED) is 0.550. The average Bonchev–Trinajstić information content (AvgIpc) is 3.37. The van der Waals surface area contributed by atoms with Crippen molar-refractivity contribution in [3.63, 3.8) is 0 Å². The van der Waals surface area contributed by atoms with Gasteiger partial charge in [0, 0.05) is 16.3 Å². The summed E-state index contributed by atoms with van der Waals surface area (Å²) in [6, 6.07) is 10.3. The van der Waals surface area contributed by atoms with E-state index in [1.807, 2.05) is 23.8 Å². The maximum atomic E-state index is 13.1. The van der Waals surface area contributed by atoms with Crippen LogP contribution in [0.3, 0.4) is 0 Å². The third-order valence-electron chi connectivity index (χ3n) is 4.08. The van der Waals surface area contributed by atoms with Gasteiger partial charge in [0.15, 0.2) is 5.13 Å². The number of rotatable bonds is 6. The molecule has 0 fully saturated rings. The van der Waals surface area contributed by atoms with Crippen molar-refractivity contribution in [1.82, 2.24) is 4.98 Å². The predicted octanol–water partition coefficient (Wildman–Crippen LogP) is 4.54. The van der Waals surface area contributed by atoms with Crippen LogP contribution in [0.25, 0.3) is 10.2 Å². The molecule has 1 aliphatic rings. The fraction of sp³-hybridized carbons (Fsp3) is 0.263. The van der Waals surface area contributed by atoms with Crippen LogP contribution in [-0.2, 0) is 20.7 Å². The molecule has 1 amide bonds. The molecule has 0 radical (unpaired) electrons. The number of benzene rings is 1. The van der Waals surface area contributed by atoms with E-state index in [0.717, 1.165) is 16.6 Å². The monoisotopic (exact) mass is 418 g/mol. The minimum atomic E-state index is -0.213. The van der Waals surface area contributed by atoms with Crippen molar-refractivity contribution in [3.8, 4) is 0 Å². The Bertz CT molecular complexity index is 966. The zero-order valence-corrected chi connectivity index (χ0v) is 17.2. The summed E-state index contributed by atoms with van der Waals surface area (Å²) in [6.45, 7) is 1.38. The van der Waals surface area contributed by atoms with Crippen molar-refractivity contribution >= 4 is 55.7 Å². The standard InChI is InChI=1S/C19H18N2O3S3/c1-25-14-4-5-15-17(11-14)27-19(20-15)21(7-6-13-3-2-10-26-13)18(22)16-12-23-8-9-24-16/h2-5,10-12H,6-9H2,1H3. The summed E-state index contributed by atoms with van der Waals surface area (Å²) in [5, 5.41) is 2.73. The number of thiophene rings is 1. The van der Waals surface area contributed by atoms with E-state index in [2.05, 4.69) is 18.2 Å². The number of carbonyl (C=O) groups excluding carboxylic acids is 1. The molecule has 2 aromatic heterocycles. The number of ether oxygens (including phenoxy) is 2. The highest BCUT2D eigenvalue weighted by Crippen LogP contribution is 2.32. The number of hydrogen-bond donors (Lipinski definition) is 0. The first kappa shape index (κ1) is 18.3. The number of nitrogens with zero attached hydrogens (tertiary/aromatic N) is 2. The Hall–Kier alpha value is -2.03. The Labute approximate surface area is 169 Å². The summed E-state index contributed by atoms with van der Waals surface area (Å²) in [4.78, 5) is 21.9. The van der Waals surface area contributed by atoms with Gasteiger partial charge in [0.25, 0.3) is 5.91 Å². The molecule has 0 unspecified atom stereocenters. The Morgan fingerprint density at radius 1 is 1.33 bits per heavy atom. The number of aromatic nitrogens is 1. The van der Waals surface area contributed by atoms with E-state index in [4.69, 9.17) is 14.5 Å². The van der Waals surface area contributed by atoms with Crippen LogP contribution in [0.1, 0.15) is 4.88 Å². The maximum absolute atomic E-state index is 13.1. The molecule has 1 aromatic carbocycles. The van der Waals surface area contributed by atoms with E-state index in [0.29, 0.717) is 24.9 Å². The van der Waals surface area contributed by atoms with E-state index in [-0.39, 0.29) is 11.7 Å². The lowest BCUT2D eigenvalue weighted by molar-refractivity contribution is -0.119. The van der Waals surface area contributed by atoms with Crippen LogP contribution in [0.15, 0.2) is 52.6 Å². The number of thioether (sulfide) groups is 1. The van der Waals surface area contributed by atoms with Crippen molar-refractivity contribution in [2.75, 3.05) is 30.9 Å². The minimum absolute atomic E-state index is 0.213. The molecule has 3 aromatic rings. The van der Waals surface area contributed by atoms with Gasteiger partial charge in [-0.2, -0.15) is 0 Å². The van der Waals surface area contributed by atoms with Gasteiger partial charge in [-0.05, 0) is 42.3 Å². The SMILES string of the molecule is CSc1ccc2nc(N(CCc3cccs3)C(=O)C3=COCCO3)sc2c1. The number of amides is 1. The van der Waals surface area contributed by atoms with Crippen molar-refractivity contribution in [1.29, 1.82) is 0 Å². The third kappa shape index (κ3) is 4.12. The van der Waals surface area contributed by atoms with Gasteiger partial charge in [0.05, 0.1) is 10.2 Å². The molecular weight excluding hydrogens is 400 g/mol. The van der Waals surface area contributed by atoms with Gasteiger partial charge < -0.3 is 9.47 Å². The second-order valence-corrected chi connectivity index (χ2v) is 8.74. The molecule has 0 bridgehead atoms. The molecule has 0 spiro atoms. The lowest BCUT2D eigenvalue weighted by Crippen LogP contribution is -2.35. The van der Waals surface area contributed by atoms with Gasteiger partial charge in [-0.25, -0.2) is 4.98 Å². The Morgan fingerprint density at radius 2 is 2.26 bits per heavy atom.